The van der Waals surface area contributed by atoms with E-state index in [1.807, 2.05) is 13.8 Å². The van der Waals surface area contributed by atoms with Crippen LogP contribution in [0.4, 0.5) is 0 Å². The molecule has 0 spiro atoms. The van der Waals surface area contributed by atoms with Gasteiger partial charge in [0, 0.05) is 0 Å². The average Bonchev–Trinajstić information content (AvgIpc) is 2.92. The zero-order valence-corrected chi connectivity index (χ0v) is 10.7. The van der Waals surface area contributed by atoms with Gasteiger partial charge in [0.05, 0.1) is 13.0 Å². The fourth-order valence-corrected chi connectivity index (χ4v) is 3.52. The van der Waals surface area contributed by atoms with Gasteiger partial charge in [-0.15, -0.1) is 0 Å². The van der Waals surface area contributed by atoms with Gasteiger partial charge < -0.3 is 4.74 Å². The molecule has 0 radical (unpaired) electrons. The predicted molar refractivity (Wildman–Crippen MR) is 63.9 cm³/mol. The maximum atomic E-state index is 10.5. The summed E-state index contributed by atoms with van der Waals surface area (Å²) in [4.78, 5) is 10.5. The molecule has 3 fully saturated rings. The molecule has 2 nitrogen and oxygen atoms in total. The van der Waals surface area contributed by atoms with Gasteiger partial charge in [0.25, 0.3) is 0 Å². The largest absolute Gasteiger partial charge is 0.469 e. The molecule has 2 heteroatoms. The van der Waals surface area contributed by atoms with Gasteiger partial charge >= 0.3 is 5.97 Å². The SMILES string of the molecule is C1CC2CC1C1CC21.CCC(C)C(=O)OC. The van der Waals surface area contributed by atoms with E-state index in [9.17, 15) is 4.79 Å². The van der Waals surface area contributed by atoms with Crippen molar-refractivity contribution < 1.29 is 9.53 Å². The molecule has 2 bridgehead atoms. The first-order valence-corrected chi connectivity index (χ1v) is 6.75. The van der Waals surface area contributed by atoms with Gasteiger partial charge in [0.1, 0.15) is 0 Å². The first-order valence-electron chi connectivity index (χ1n) is 6.75. The third-order valence-corrected chi connectivity index (χ3v) is 4.83. The Morgan fingerprint density at radius 3 is 2.06 bits per heavy atom. The molecular weight excluding hydrogens is 200 g/mol. The molecule has 0 aromatic heterocycles. The quantitative estimate of drug-likeness (QED) is 0.673. The lowest BCUT2D eigenvalue weighted by atomic mass is 10.0. The number of ether oxygens (including phenoxy) is 1. The molecule has 0 aromatic carbocycles. The number of rotatable bonds is 2. The van der Waals surface area contributed by atoms with E-state index in [4.69, 9.17) is 0 Å². The highest BCUT2D eigenvalue weighted by molar-refractivity contribution is 5.71. The van der Waals surface area contributed by atoms with Crippen molar-refractivity contribution in [2.75, 3.05) is 7.11 Å². The van der Waals surface area contributed by atoms with Crippen molar-refractivity contribution in [1.82, 2.24) is 0 Å². The van der Waals surface area contributed by atoms with Gasteiger partial charge in [-0.05, 0) is 55.8 Å². The lowest BCUT2D eigenvalue weighted by Gasteiger charge is -2.04. The van der Waals surface area contributed by atoms with E-state index in [1.165, 1.54) is 30.8 Å². The summed E-state index contributed by atoms with van der Waals surface area (Å²) in [6.07, 6.45) is 7.27. The summed E-state index contributed by atoms with van der Waals surface area (Å²) in [5.74, 6) is 4.85. The Morgan fingerprint density at radius 1 is 1.25 bits per heavy atom. The van der Waals surface area contributed by atoms with E-state index in [1.54, 1.807) is 25.7 Å². The zero-order valence-electron chi connectivity index (χ0n) is 10.7. The summed E-state index contributed by atoms with van der Waals surface area (Å²) in [5, 5.41) is 0. The standard InChI is InChI=1S/C8H12.C6H12O2/c1-2-6-3-5(1)7-4-8(6)7;1-4-5(2)6(7)8-3/h5-8H,1-4H2;5H,4H2,1-3H3. The van der Waals surface area contributed by atoms with Crippen molar-refractivity contribution in [2.45, 2.75) is 46.0 Å². The molecule has 3 aliphatic carbocycles. The molecule has 0 aliphatic heterocycles. The summed E-state index contributed by atoms with van der Waals surface area (Å²) in [6, 6.07) is 0. The summed E-state index contributed by atoms with van der Waals surface area (Å²) in [5.41, 5.74) is 0. The van der Waals surface area contributed by atoms with E-state index in [0.717, 1.165) is 6.42 Å². The Labute approximate surface area is 98.7 Å². The lowest BCUT2D eigenvalue weighted by Crippen LogP contribution is -2.10. The van der Waals surface area contributed by atoms with Gasteiger partial charge in [-0.2, -0.15) is 0 Å². The molecule has 5 unspecified atom stereocenters. The minimum Gasteiger partial charge on any atom is -0.469 e. The second kappa shape index (κ2) is 4.77. The first-order chi connectivity index (χ1) is 7.67. The molecular formula is C14H24O2. The smallest absolute Gasteiger partial charge is 0.308 e. The van der Waals surface area contributed by atoms with E-state index >= 15 is 0 Å². The second-order valence-corrected chi connectivity index (χ2v) is 5.73. The summed E-state index contributed by atoms with van der Waals surface area (Å²) < 4.78 is 4.46. The van der Waals surface area contributed by atoms with Crippen LogP contribution in [-0.4, -0.2) is 13.1 Å². The molecule has 5 atom stereocenters. The number of hydrogen-bond donors (Lipinski definition) is 0. The number of esters is 1. The van der Waals surface area contributed by atoms with Crippen LogP contribution >= 0.6 is 0 Å². The fraction of sp³-hybridized carbons (Fsp3) is 0.929. The van der Waals surface area contributed by atoms with Gasteiger partial charge in [-0.1, -0.05) is 13.8 Å². The van der Waals surface area contributed by atoms with Crippen LogP contribution in [0.5, 0.6) is 0 Å². The maximum absolute atomic E-state index is 10.5. The molecule has 0 amide bonds. The number of hydrogen-bond acceptors (Lipinski definition) is 2. The van der Waals surface area contributed by atoms with E-state index in [-0.39, 0.29) is 11.9 Å². The second-order valence-electron chi connectivity index (χ2n) is 5.73. The van der Waals surface area contributed by atoms with Crippen molar-refractivity contribution >= 4 is 5.97 Å². The highest BCUT2D eigenvalue weighted by Gasteiger charge is 2.56. The van der Waals surface area contributed by atoms with Gasteiger partial charge in [-0.3, -0.25) is 4.79 Å². The molecule has 0 saturated heterocycles. The Kier molecular flexibility index (Phi) is 3.56. The minimum absolute atomic E-state index is 0.0556. The van der Waals surface area contributed by atoms with Crippen LogP contribution in [0.3, 0.4) is 0 Å². The van der Waals surface area contributed by atoms with Crippen LogP contribution in [0.2, 0.25) is 0 Å². The molecule has 3 aliphatic rings. The number of methoxy groups -OCH3 is 1. The Morgan fingerprint density at radius 2 is 1.81 bits per heavy atom. The first kappa shape index (κ1) is 11.9. The Bertz CT molecular complexity index is 247. The average molecular weight is 224 g/mol. The van der Waals surface area contributed by atoms with Crippen LogP contribution in [-0.2, 0) is 9.53 Å². The Balaban J connectivity index is 0.000000120. The monoisotopic (exact) mass is 224 g/mol. The summed E-state index contributed by atoms with van der Waals surface area (Å²) in [7, 11) is 1.41. The van der Waals surface area contributed by atoms with Crippen molar-refractivity contribution in [2.24, 2.45) is 29.6 Å². The number of carbonyl (C=O) groups excluding carboxylic acids is 1. The third-order valence-electron chi connectivity index (χ3n) is 4.83. The molecule has 0 aromatic rings. The van der Waals surface area contributed by atoms with E-state index < -0.39 is 0 Å². The zero-order chi connectivity index (χ0) is 11.7. The van der Waals surface area contributed by atoms with E-state index in [2.05, 4.69) is 4.74 Å². The van der Waals surface area contributed by atoms with Gasteiger partial charge in [0.2, 0.25) is 0 Å². The van der Waals surface area contributed by atoms with E-state index in [0.29, 0.717) is 0 Å². The third kappa shape index (κ3) is 2.26. The molecule has 3 rings (SSSR count). The molecule has 0 heterocycles. The van der Waals surface area contributed by atoms with Crippen molar-refractivity contribution in [1.29, 1.82) is 0 Å². The number of carbonyl (C=O) groups is 1. The minimum atomic E-state index is -0.118. The van der Waals surface area contributed by atoms with Crippen LogP contribution < -0.4 is 0 Å². The Hall–Kier alpha value is -0.530. The van der Waals surface area contributed by atoms with Crippen molar-refractivity contribution in [3.63, 3.8) is 0 Å². The fourth-order valence-electron chi connectivity index (χ4n) is 3.52. The maximum Gasteiger partial charge on any atom is 0.308 e. The van der Waals surface area contributed by atoms with Crippen molar-refractivity contribution in [3.8, 4) is 0 Å². The van der Waals surface area contributed by atoms with Gasteiger partial charge in [0.15, 0.2) is 0 Å². The molecule has 0 N–H and O–H groups in total. The topological polar surface area (TPSA) is 26.3 Å². The van der Waals surface area contributed by atoms with Crippen LogP contribution in [0, 0.1) is 29.6 Å². The van der Waals surface area contributed by atoms with Crippen LogP contribution in [0.25, 0.3) is 0 Å². The summed E-state index contributed by atoms with van der Waals surface area (Å²) >= 11 is 0. The normalized spacial score (nSPS) is 39.4. The van der Waals surface area contributed by atoms with Crippen molar-refractivity contribution in [3.05, 3.63) is 0 Å². The lowest BCUT2D eigenvalue weighted by molar-refractivity contribution is -0.144. The molecule has 3 saturated carbocycles. The van der Waals surface area contributed by atoms with Crippen LogP contribution in [0.1, 0.15) is 46.0 Å². The molecule has 92 valence electrons. The van der Waals surface area contributed by atoms with Crippen LogP contribution in [0.15, 0.2) is 0 Å². The number of fused-ring (bicyclic) bond motifs is 5. The predicted octanol–water partition coefficient (Wildman–Crippen LogP) is 3.26. The highest BCUT2D eigenvalue weighted by Crippen LogP contribution is 2.65. The summed E-state index contributed by atoms with van der Waals surface area (Å²) in [6.45, 7) is 3.81. The molecule has 16 heavy (non-hydrogen) atoms. The van der Waals surface area contributed by atoms with Gasteiger partial charge in [-0.25, -0.2) is 0 Å². The highest BCUT2D eigenvalue weighted by atomic mass is 16.5.